The van der Waals surface area contributed by atoms with Crippen molar-refractivity contribution < 1.29 is 19.4 Å². The van der Waals surface area contributed by atoms with E-state index in [1.165, 1.54) is 6.42 Å². The highest BCUT2D eigenvalue weighted by atomic mass is 16.5. The molecule has 1 aromatic carbocycles. The summed E-state index contributed by atoms with van der Waals surface area (Å²) in [5.41, 5.74) is 1.29. The second-order valence-electron chi connectivity index (χ2n) is 9.84. The van der Waals surface area contributed by atoms with Crippen LogP contribution in [0.4, 0.5) is 10.5 Å². The van der Waals surface area contributed by atoms with E-state index in [0.29, 0.717) is 24.4 Å². The lowest BCUT2D eigenvalue weighted by molar-refractivity contribution is 0.0367. The molecule has 1 aliphatic carbocycles. The van der Waals surface area contributed by atoms with Gasteiger partial charge in [-0.25, -0.2) is 4.79 Å². The Balaban J connectivity index is 1.86. The maximum absolute atomic E-state index is 13.4. The van der Waals surface area contributed by atoms with Gasteiger partial charge in [-0.2, -0.15) is 0 Å². The average Bonchev–Trinajstić information content (AvgIpc) is 2.80. The Hall–Kier alpha value is -2.48. The van der Waals surface area contributed by atoms with Gasteiger partial charge >= 0.3 is 6.03 Å². The summed E-state index contributed by atoms with van der Waals surface area (Å²) in [6, 6.07) is 5.38. The molecule has 2 N–H and O–H groups in total. The molecule has 3 atom stereocenters. The number of hydrogen-bond donors (Lipinski definition) is 2. The molecular weight excluding hydrogens is 420 g/mol. The van der Waals surface area contributed by atoms with Crippen LogP contribution in [0.1, 0.15) is 56.3 Å². The fraction of sp³-hybridized carbons (Fsp3) is 0.680. The number of likely N-dealkylation sites (N-methyl/N-ethyl adjacent to an activating group) is 1. The molecule has 1 aromatic rings. The maximum Gasteiger partial charge on any atom is 0.317 e. The van der Waals surface area contributed by atoms with E-state index >= 15 is 0 Å². The zero-order chi connectivity index (χ0) is 24.1. The maximum atomic E-state index is 13.4. The van der Waals surface area contributed by atoms with Crippen molar-refractivity contribution in [1.82, 2.24) is 15.1 Å². The first-order chi connectivity index (χ1) is 15.7. The largest absolute Gasteiger partial charge is 0.485 e. The molecule has 184 valence electrons. The number of anilines is 1. The van der Waals surface area contributed by atoms with Crippen molar-refractivity contribution in [3.05, 3.63) is 23.8 Å². The van der Waals surface area contributed by atoms with E-state index in [0.717, 1.165) is 31.4 Å². The molecule has 8 nitrogen and oxygen atoms in total. The van der Waals surface area contributed by atoms with Crippen molar-refractivity contribution in [3.63, 3.8) is 0 Å². The van der Waals surface area contributed by atoms with Crippen LogP contribution in [0, 0.1) is 5.92 Å². The van der Waals surface area contributed by atoms with Gasteiger partial charge in [0.15, 0.2) is 5.75 Å². The lowest BCUT2D eigenvalue weighted by Crippen LogP contribution is -2.52. The Labute approximate surface area is 197 Å². The van der Waals surface area contributed by atoms with Gasteiger partial charge in [-0.3, -0.25) is 4.79 Å². The molecule has 0 unspecified atom stereocenters. The molecule has 3 amide bonds. The summed E-state index contributed by atoms with van der Waals surface area (Å²) in [4.78, 5) is 31.6. The third kappa shape index (κ3) is 5.91. The monoisotopic (exact) mass is 460 g/mol. The standard InChI is InChI=1S/C25H40N4O4/c1-17-14-29(18(2)16-30)24(31)20-12-9-13-21(27(3)4)23(20)33-22(17)15-28(5)25(32)26-19-10-7-6-8-11-19/h9,12-13,17-19,22,30H,6-8,10-11,14-16H2,1-5H3,(H,26,32)/t17-,18-,22+/m1/s1. The minimum Gasteiger partial charge on any atom is -0.485 e. The number of benzene rings is 1. The van der Waals surface area contributed by atoms with Crippen molar-refractivity contribution in [2.45, 2.75) is 64.1 Å². The first-order valence-corrected chi connectivity index (χ1v) is 12.1. The first-order valence-electron chi connectivity index (χ1n) is 12.1. The van der Waals surface area contributed by atoms with Crippen molar-refractivity contribution in [2.24, 2.45) is 5.92 Å². The molecule has 1 heterocycles. The van der Waals surface area contributed by atoms with Gasteiger partial charge in [-0.05, 0) is 31.9 Å². The lowest BCUT2D eigenvalue weighted by atomic mass is 9.96. The Bertz CT molecular complexity index is 825. The van der Waals surface area contributed by atoms with Crippen molar-refractivity contribution in [1.29, 1.82) is 0 Å². The Kier molecular flexibility index (Phi) is 8.46. The van der Waals surface area contributed by atoms with Crippen LogP contribution < -0.4 is 15.0 Å². The molecule has 0 saturated heterocycles. The summed E-state index contributed by atoms with van der Waals surface area (Å²) in [6.45, 7) is 4.61. The number of fused-ring (bicyclic) bond motifs is 1. The quantitative estimate of drug-likeness (QED) is 0.682. The number of ether oxygens (including phenoxy) is 1. The van der Waals surface area contributed by atoms with E-state index in [1.807, 2.05) is 45.0 Å². The van der Waals surface area contributed by atoms with E-state index in [4.69, 9.17) is 4.74 Å². The fourth-order valence-corrected chi connectivity index (χ4v) is 4.68. The molecule has 0 spiro atoms. The molecule has 0 radical (unpaired) electrons. The second kappa shape index (κ2) is 11.1. The van der Waals surface area contributed by atoms with Crippen LogP contribution in [0.25, 0.3) is 0 Å². The Morgan fingerprint density at radius 2 is 1.94 bits per heavy atom. The highest BCUT2D eigenvalue weighted by Gasteiger charge is 2.35. The van der Waals surface area contributed by atoms with Crippen molar-refractivity contribution in [2.75, 3.05) is 45.7 Å². The van der Waals surface area contributed by atoms with Gasteiger partial charge in [0.25, 0.3) is 5.91 Å². The predicted octanol–water partition coefficient (Wildman–Crippen LogP) is 2.95. The minimum atomic E-state index is -0.318. The van der Waals surface area contributed by atoms with Crippen LogP contribution >= 0.6 is 0 Å². The number of urea groups is 1. The van der Waals surface area contributed by atoms with Crippen LogP contribution in [-0.2, 0) is 0 Å². The summed E-state index contributed by atoms with van der Waals surface area (Å²) in [7, 11) is 5.63. The molecule has 1 fully saturated rings. The Morgan fingerprint density at radius 1 is 1.24 bits per heavy atom. The third-order valence-electron chi connectivity index (χ3n) is 6.89. The van der Waals surface area contributed by atoms with Gasteiger partial charge in [-0.15, -0.1) is 0 Å². The van der Waals surface area contributed by atoms with E-state index in [9.17, 15) is 14.7 Å². The summed E-state index contributed by atoms with van der Waals surface area (Å²) in [5.74, 6) is 0.334. The minimum absolute atomic E-state index is 0.0451. The second-order valence-corrected chi connectivity index (χ2v) is 9.84. The molecule has 2 aliphatic rings. The highest BCUT2D eigenvalue weighted by Crippen LogP contribution is 2.36. The number of rotatable bonds is 6. The zero-order valence-corrected chi connectivity index (χ0v) is 20.7. The smallest absolute Gasteiger partial charge is 0.317 e. The zero-order valence-electron chi connectivity index (χ0n) is 20.7. The van der Waals surface area contributed by atoms with Gasteiger partial charge in [0.05, 0.1) is 30.4 Å². The Morgan fingerprint density at radius 3 is 2.58 bits per heavy atom. The van der Waals surface area contributed by atoms with Crippen LogP contribution in [0.2, 0.25) is 0 Å². The number of amides is 3. The molecule has 0 bridgehead atoms. The molecule has 1 aliphatic heterocycles. The fourth-order valence-electron chi connectivity index (χ4n) is 4.68. The molecule has 33 heavy (non-hydrogen) atoms. The van der Waals surface area contributed by atoms with E-state index < -0.39 is 0 Å². The number of aliphatic hydroxyl groups excluding tert-OH is 1. The van der Waals surface area contributed by atoms with Crippen LogP contribution in [-0.4, -0.2) is 85.9 Å². The number of aliphatic hydroxyl groups is 1. The normalized spacial score (nSPS) is 22.5. The van der Waals surface area contributed by atoms with Gasteiger partial charge < -0.3 is 29.9 Å². The lowest BCUT2D eigenvalue weighted by Gasteiger charge is -2.39. The van der Waals surface area contributed by atoms with Gasteiger partial charge in [0, 0.05) is 39.6 Å². The number of nitrogens with zero attached hydrogens (tertiary/aromatic N) is 3. The van der Waals surface area contributed by atoms with Gasteiger partial charge in [-0.1, -0.05) is 32.3 Å². The van der Waals surface area contributed by atoms with E-state index in [2.05, 4.69) is 5.32 Å². The molecule has 0 aromatic heterocycles. The molecular formula is C25H40N4O4. The van der Waals surface area contributed by atoms with Gasteiger partial charge in [0.2, 0.25) is 0 Å². The highest BCUT2D eigenvalue weighted by molar-refractivity contribution is 5.99. The van der Waals surface area contributed by atoms with E-state index in [1.54, 1.807) is 22.9 Å². The number of carbonyl (C=O) groups excluding carboxylic acids is 2. The summed E-state index contributed by atoms with van der Waals surface area (Å²) < 4.78 is 6.51. The average molecular weight is 461 g/mol. The van der Waals surface area contributed by atoms with Crippen molar-refractivity contribution in [3.8, 4) is 5.75 Å². The van der Waals surface area contributed by atoms with Crippen LogP contribution in [0.15, 0.2) is 18.2 Å². The SMILES string of the molecule is C[C@@H]1CN([C@H](C)CO)C(=O)c2cccc(N(C)C)c2O[C@H]1CN(C)C(=O)NC1CCCCC1. The molecule has 1 saturated carbocycles. The summed E-state index contributed by atoms with van der Waals surface area (Å²) in [5, 5.41) is 13.0. The molecule has 3 rings (SSSR count). The first kappa shape index (κ1) is 25.1. The third-order valence-corrected chi connectivity index (χ3v) is 6.89. The number of carbonyl (C=O) groups is 2. The number of para-hydroxylation sites is 1. The number of hydrogen-bond acceptors (Lipinski definition) is 5. The van der Waals surface area contributed by atoms with Gasteiger partial charge in [0.1, 0.15) is 6.10 Å². The number of nitrogens with one attached hydrogen (secondary N) is 1. The van der Waals surface area contributed by atoms with Crippen molar-refractivity contribution >= 4 is 17.6 Å². The summed E-state index contributed by atoms with van der Waals surface area (Å²) in [6.07, 6.45) is 5.32. The summed E-state index contributed by atoms with van der Waals surface area (Å²) >= 11 is 0. The predicted molar refractivity (Wildman–Crippen MR) is 130 cm³/mol. The van der Waals surface area contributed by atoms with Crippen LogP contribution in [0.5, 0.6) is 5.75 Å². The van der Waals surface area contributed by atoms with E-state index in [-0.39, 0.29) is 42.7 Å². The van der Waals surface area contributed by atoms with Crippen LogP contribution in [0.3, 0.4) is 0 Å². The topological polar surface area (TPSA) is 85.4 Å². The molecule has 8 heteroatoms.